The van der Waals surface area contributed by atoms with Crippen LogP contribution in [-0.4, -0.2) is 175 Å². The van der Waals surface area contributed by atoms with Gasteiger partial charge < -0.3 is 46.1 Å². The molecule has 6 fully saturated rings. The van der Waals surface area contributed by atoms with E-state index in [-0.39, 0.29) is 71.3 Å². The largest absolute Gasteiger partial charge is 0.451 e. The molecule has 3 aromatic carbocycles. The predicted octanol–water partition coefficient (Wildman–Crippen LogP) is 11.2. The number of esters is 3. The van der Waals surface area contributed by atoms with Crippen LogP contribution in [0.4, 0.5) is 0 Å². The van der Waals surface area contributed by atoms with Crippen LogP contribution >= 0.6 is 0 Å². The minimum absolute atomic E-state index is 0.0726. The maximum absolute atomic E-state index is 14.0. The number of hydrogen-bond acceptors (Lipinski definition) is 21. The fraction of sp³-hybridized carbons (Fsp3) is 0.541. The van der Waals surface area contributed by atoms with Crippen molar-refractivity contribution in [3.8, 4) is 0 Å². The molecule has 30 nitrogen and oxygen atoms in total. The number of carbonyl (C=O) groups is 12. The van der Waals surface area contributed by atoms with Gasteiger partial charge in [0.2, 0.25) is 17.7 Å². The number of carbonyl (C=O) groups excluding carboxylic acids is 12. The summed E-state index contributed by atoms with van der Waals surface area (Å²) in [6.45, 7) is 26.8. The first-order valence-electron chi connectivity index (χ1n) is 45.9. The van der Waals surface area contributed by atoms with Gasteiger partial charge in [0, 0.05) is 41.7 Å². The van der Waals surface area contributed by atoms with Crippen molar-refractivity contribution in [3.05, 3.63) is 143 Å². The average molecular weight is 1760 g/mol. The van der Waals surface area contributed by atoms with Gasteiger partial charge in [0.05, 0.1) is 68.0 Å². The highest BCUT2D eigenvalue weighted by atomic mass is 16.6. The molecule has 9 N–H and O–H groups in total. The Kier molecular flexibility index (Phi) is 29.8. The third-order valence-corrected chi connectivity index (χ3v) is 26.4. The van der Waals surface area contributed by atoms with Gasteiger partial charge in [-0.1, -0.05) is 133 Å². The third-order valence-electron chi connectivity index (χ3n) is 26.4. The van der Waals surface area contributed by atoms with E-state index < -0.39 is 106 Å². The summed E-state index contributed by atoms with van der Waals surface area (Å²) in [6, 6.07) is 23.9. The average Bonchev–Trinajstić information content (AvgIpc) is 0.944. The Morgan fingerprint density at radius 2 is 0.656 bits per heavy atom. The monoisotopic (exact) mass is 1750 g/mol. The van der Waals surface area contributed by atoms with Crippen LogP contribution in [0.25, 0.3) is 50.9 Å². The predicted molar refractivity (Wildman–Crippen MR) is 484 cm³/mol. The lowest BCUT2D eigenvalue weighted by atomic mass is 9.70. The normalized spacial score (nSPS) is 30.7. The van der Waals surface area contributed by atoms with Crippen LogP contribution in [-0.2, 0) is 71.7 Å². The lowest BCUT2D eigenvalue weighted by molar-refractivity contribution is -0.168. The maximum Gasteiger partial charge on any atom is 0.316 e. The van der Waals surface area contributed by atoms with Crippen molar-refractivity contribution in [1.82, 2.24) is 78.2 Å². The van der Waals surface area contributed by atoms with E-state index in [9.17, 15) is 57.5 Å². The number of pyridine rings is 3. The fourth-order valence-electron chi connectivity index (χ4n) is 17.6. The van der Waals surface area contributed by atoms with Crippen molar-refractivity contribution >= 4 is 122 Å². The molecule has 3 saturated heterocycles. The number of cyclic esters (lactones) is 3. The molecule has 684 valence electrons. The van der Waals surface area contributed by atoms with Gasteiger partial charge in [-0.2, -0.15) is 0 Å². The van der Waals surface area contributed by atoms with E-state index in [4.69, 9.17) is 29.2 Å². The minimum atomic E-state index is -1.06. The van der Waals surface area contributed by atoms with E-state index in [1.807, 2.05) is 170 Å². The van der Waals surface area contributed by atoms with Crippen molar-refractivity contribution in [2.24, 2.45) is 45.8 Å². The van der Waals surface area contributed by atoms with Crippen LogP contribution in [0.1, 0.15) is 252 Å². The molecule has 30 heteroatoms. The van der Waals surface area contributed by atoms with Gasteiger partial charge in [0.15, 0.2) is 18.3 Å². The molecule has 15 rings (SSSR count). The number of aromatic nitrogens is 3. The molecular weight excluding hydrogens is 1630 g/mol. The van der Waals surface area contributed by atoms with Gasteiger partial charge >= 0.3 is 17.9 Å². The Bertz CT molecular complexity index is 5060. The Morgan fingerprint density at radius 1 is 0.352 bits per heavy atom. The van der Waals surface area contributed by atoms with Crippen molar-refractivity contribution in [3.63, 3.8) is 0 Å². The summed E-state index contributed by atoms with van der Waals surface area (Å²) < 4.78 is 17.8. The zero-order valence-electron chi connectivity index (χ0n) is 76.2. The summed E-state index contributed by atoms with van der Waals surface area (Å²) in [5.74, 6) is -4.33. The number of hydrogen-bond donors (Lipinski definition) is 9. The molecule has 6 aliphatic heterocycles. The molecule has 0 unspecified atom stereocenters. The van der Waals surface area contributed by atoms with Gasteiger partial charge in [-0.3, -0.25) is 87.5 Å². The summed E-state index contributed by atoms with van der Waals surface area (Å²) in [5.41, 5.74) is 13.5. The van der Waals surface area contributed by atoms with Crippen molar-refractivity contribution in [2.75, 3.05) is 19.6 Å². The van der Waals surface area contributed by atoms with E-state index in [1.54, 1.807) is 40.7 Å². The molecule has 3 aromatic heterocycles. The number of amides is 9. The molecular formula is C98H127N15O15. The summed E-state index contributed by atoms with van der Waals surface area (Å²) in [7, 11) is 0. The number of nitrogens with one attached hydrogen (secondary N) is 9. The quantitative estimate of drug-likeness (QED) is 0.0587. The fourth-order valence-corrected chi connectivity index (χ4v) is 17.6. The molecule has 9 amide bonds. The minimum Gasteiger partial charge on any atom is -0.451 e. The first-order valence-corrected chi connectivity index (χ1v) is 45.9. The van der Waals surface area contributed by atoms with Gasteiger partial charge in [-0.05, 0) is 235 Å². The van der Waals surface area contributed by atoms with Crippen LogP contribution in [0.2, 0.25) is 0 Å². The van der Waals surface area contributed by atoms with Gasteiger partial charge in [-0.15, -0.1) is 0 Å². The summed E-state index contributed by atoms with van der Waals surface area (Å²) >= 11 is 0. The Hall–Kier alpha value is -11.4. The van der Waals surface area contributed by atoms with E-state index in [2.05, 4.69) is 62.0 Å². The molecule has 12 atom stereocenters. The SMILES string of the molecule is CC1CCC2(/C=C/c3ccc4ccc(nc4c3)[C@@H](C)NC(=O)[C@@H]3CCCN(N3)C(=O)[C@H](C)NC(=O)[C@@H](C(C)C)OC2=O)CC1.CC1CCC2(/C=C/c3ccc4ccc(nc4c3)[C@@H](C)NC(=O)[C@@H]3CCCN(N3)C(=O)[C@H](C)NC(=O)[C@@H](C(C)C)OC2=O)CC1.C[C@@H]1NC(=O)[C@H](C2CC2)OC(=O)C(C)(C)/C=C/c2ccc3ccc(nc3c2)[C@@H](C)NC(=O)[C@@H]2CCCN(N2)C1=O. The molecule has 128 heavy (non-hydrogen) atoms. The number of fused-ring (bicyclic) bond motifs is 12. The molecule has 9 heterocycles. The molecule has 3 aliphatic carbocycles. The molecule has 9 aliphatic rings. The van der Waals surface area contributed by atoms with E-state index in [1.165, 1.54) is 15.0 Å². The second-order valence-electron chi connectivity index (χ2n) is 38.1. The van der Waals surface area contributed by atoms with Crippen molar-refractivity contribution < 1.29 is 71.7 Å². The van der Waals surface area contributed by atoms with Gasteiger partial charge in [0.25, 0.3) is 35.4 Å². The van der Waals surface area contributed by atoms with Crippen LogP contribution in [0.5, 0.6) is 0 Å². The van der Waals surface area contributed by atoms with Crippen LogP contribution < -0.4 is 48.2 Å². The van der Waals surface area contributed by atoms with E-state index in [0.29, 0.717) is 101 Å². The maximum atomic E-state index is 14.0. The molecule has 3 saturated carbocycles. The topological polar surface area (TPSA) is 389 Å². The van der Waals surface area contributed by atoms with Crippen molar-refractivity contribution in [1.29, 1.82) is 0 Å². The second-order valence-corrected chi connectivity index (χ2v) is 38.1. The third kappa shape index (κ3) is 22.6. The lowest BCUT2D eigenvalue weighted by Crippen LogP contribution is -2.61. The Labute approximate surface area is 748 Å². The molecule has 15 bridgehead atoms. The summed E-state index contributed by atoms with van der Waals surface area (Å²) in [4.78, 5) is 175. The first kappa shape index (κ1) is 94.2. The zero-order chi connectivity index (χ0) is 91.8. The summed E-state index contributed by atoms with van der Waals surface area (Å²) in [5, 5.41) is 24.5. The van der Waals surface area contributed by atoms with E-state index in [0.717, 1.165) is 99.3 Å². The lowest BCUT2D eigenvalue weighted by Gasteiger charge is -2.37. The molecule has 2 spiro atoms. The number of nitrogens with zero attached hydrogens (tertiary/aromatic N) is 6. The highest BCUT2D eigenvalue weighted by Crippen LogP contribution is 2.45. The summed E-state index contributed by atoms with van der Waals surface area (Å²) in [6.07, 6.45) is 19.4. The molecule has 0 radical (unpaired) electrons. The second kappa shape index (κ2) is 40.5. The van der Waals surface area contributed by atoms with Crippen LogP contribution in [0, 0.1) is 45.8 Å². The number of ether oxygens (including phenoxy) is 3. The Balaban J connectivity index is 0.000000164. The van der Waals surface area contributed by atoms with Crippen LogP contribution in [0.3, 0.4) is 0 Å². The number of benzene rings is 3. The highest BCUT2D eigenvalue weighted by molar-refractivity contribution is 5.96. The smallest absolute Gasteiger partial charge is 0.316 e. The number of hydrazine groups is 3. The zero-order valence-corrected chi connectivity index (χ0v) is 76.2. The van der Waals surface area contributed by atoms with Gasteiger partial charge in [-0.25, -0.2) is 16.3 Å². The highest BCUT2D eigenvalue weighted by Gasteiger charge is 2.48. The Morgan fingerprint density at radius 3 is 0.977 bits per heavy atom. The molecule has 6 aromatic rings. The standard InChI is InChI=1S/2C34H45N5O5.C30H37N5O5/c2*1-20(2)29-31(41)36-23(5)32(42)39-18-6-7-27(38-39)30(40)35-22(4)26-11-10-25-9-8-24(19-28(25)37-26)14-17-34(33(43)44-29)15-12-21(3)13-16-34;1-17-22-12-11-20-8-7-19(16-24(20)33-22)13-14-30(3,4)29(39)40-25(21-9-10-21)27(37)32-18(2)28(38)35-15-5-6-23(34-35)26(36)31-17/h2*8-11,14,17,19-23,27,29,38H,6-7,12-13,15-16,18H2,1-5H3,(H,35,40)(H,36,41);7-8,11-14,16-18,21,23,25,34H,5-6,9-10,15H2,1-4H3,(H,31,36)(H,32,37)/b2*17-14+;14-13+/t2*21?,22-,23+,27+,29-,34?;17-,18+,23+,25+/m111/s1. The van der Waals surface area contributed by atoms with Gasteiger partial charge in [0.1, 0.15) is 36.3 Å². The number of rotatable bonds is 3. The van der Waals surface area contributed by atoms with Crippen LogP contribution in [0.15, 0.2) is 109 Å². The van der Waals surface area contributed by atoms with Crippen molar-refractivity contribution in [2.45, 2.75) is 272 Å². The first-order chi connectivity index (χ1) is 60.9. The van der Waals surface area contributed by atoms with E-state index >= 15 is 0 Å².